The van der Waals surface area contributed by atoms with E-state index >= 15 is 0 Å². The molecule has 21 heavy (non-hydrogen) atoms. The van der Waals surface area contributed by atoms with Gasteiger partial charge in [-0.1, -0.05) is 6.07 Å². The number of aryl methyl sites for hydroxylation is 3. The molecule has 110 valence electrons. The number of nitrogens with one attached hydrogen (secondary N) is 1. The molecule has 0 bridgehead atoms. The maximum Gasteiger partial charge on any atom is 0.146 e. The average molecular weight is 289 g/mol. The monoisotopic (exact) mass is 289 g/mol. The van der Waals surface area contributed by atoms with Gasteiger partial charge in [0.1, 0.15) is 23.5 Å². The topological polar surface area (TPSA) is 21.3 Å². The van der Waals surface area contributed by atoms with Crippen LogP contribution in [0.5, 0.6) is 5.75 Å². The Morgan fingerprint density at radius 3 is 2.52 bits per heavy atom. The molecular formula is C17H17F2NO. The molecule has 1 atom stereocenters. The first-order chi connectivity index (χ1) is 9.95. The largest absolute Gasteiger partial charge is 0.481 e. The Bertz CT molecular complexity index is 712. The van der Waals surface area contributed by atoms with Gasteiger partial charge < -0.3 is 10.1 Å². The molecule has 0 saturated carbocycles. The molecule has 3 rings (SSSR count). The van der Waals surface area contributed by atoms with Gasteiger partial charge in [0.25, 0.3) is 0 Å². The molecule has 4 heteroatoms. The number of rotatable bonds is 1. The van der Waals surface area contributed by atoms with Crippen LogP contribution in [-0.4, -0.2) is 6.54 Å². The number of anilines is 1. The first kappa shape index (κ1) is 13.9. The van der Waals surface area contributed by atoms with Gasteiger partial charge in [0.2, 0.25) is 0 Å². The second-order valence-electron chi connectivity index (χ2n) is 5.57. The van der Waals surface area contributed by atoms with E-state index in [-0.39, 0.29) is 5.56 Å². The van der Waals surface area contributed by atoms with Crippen LogP contribution < -0.4 is 10.1 Å². The summed E-state index contributed by atoms with van der Waals surface area (Å²) in [7, 11) is 0. The zero-order valence-corrected chi connectivity index (χ0v) is 12.3. The number of hydrogen-bond donors (Lipinski definition) is 1. The predicted molar refractivity (Wildman–Crippen MR) is 78.9 cm³/mol. The maximum absolute atomic E-state index is 14.1. The van der Waals surface area contributed by atoms with Crippen molar-refractivity contribution in [1.29, 1.82) is 0 Å². The summed E-state index contributed by atoms with van der Waals surface area (Å²) < 4.78 is 33.7. The maximum atomic E-state index is 14.1. The summed E-state index contributed by atoms with van der Waals surface area (Å²) in [6.07, 6.45) is -0.533. The molecule has 1 N–H and O–H groups in total. The van der Waals surface area contributed by atoms with Crippen LogP contribution in [0.25, 0.3) is 0 Å². The number of hydrogen-bond acceptors (Lipinski definition) is 2. The van der Waals surface area contributed by atoms with Crippen LogP contribution in [0.4, 0.5) is 14.5 Å². The molecule has 2 aromatic rings. The number of benzene rings is 2. The zero-order chi connectivity index (χ0) is 15.1. The molecule has 0 amide bonds. The number of ether oxygens (including phenoxy) is 1. The van der Waals surface area contributed by atoms with Crippen molar-refractivity contribution >= 4 is 5.69 Å². The standard InChI is InChI=1S/C17H17F2NO/c1-9-4-11(3)17-15(5-9)20-8-16(21-17)12-7-13(18)10(2)6-14(12)19/h4-7,16,20H,8H2,1-3H3. The van der Waals surface area contributed by atoms with Crippen LogP contribution in [0.3, 0.4) is 0 Å². The van der Waals surface area contributed by atoms with E-state index in [1.807, 2.05) is 26.0 Å². The van der Waals surface area contributed by atoms with Crippen LogP contribution in [0.1, 0.15) is 28.4 Å². The minimum absolute atomic E-state index is 0.247. The van der Waals surface area contributed by atoms with Gasteiger partial charge in [0, 0.05) is 5.56 Å². The van der Waals surface area contributed by atoms with Crippen LogP contribution in [0.15, 0.2) is 24.3 Å². The number of fused-ring (bicyclic) bond motifs is 1. The molecule has 1 unspecified atom stereocenters. The highest BCUT2D eigenvalue weighted by Crippen LogP contribution is 2.38. The lowest BCUT2D eigenvalue weighted by Gasteiger charge is -2.29. The molecule has 0 fully saturated rings. The lowest BCUT2D eigenvalue weighted by molar-refractivity contribution is 0.203. The molecule has 0 saturated heterocycles. The van der Waals surface area contributed by atoms with Gasteiger partial charge in [-0.3, -0.25) is 0 Å². The molecule has 0 aliphatic carbocycles. The van der Waals surface area contributed by atoms with Gasteiger partial charge in [-0.25, -0.2) is 8.78 Å². The van der Waals surface area contributed by atoms with E-state index in [9.17, 15) is 8.78 Å². The molecule has 1 heterocycles. The predicted octanol–water partition coefficient (Wildman–Crippen LogP) is 4.44. The van der Waals surface area contributed by atoms with Gasteiger partial charge in [-0.05, 0) is 55.7 Å². The van der Waals surface area contributed by atoms with E-state index in [1.54, 1.807) is 6.92 Å². The second-order valence-corrected chi connectivity index (χ2v) is 5.57. The van der Waals surface area contributed by atoms with Crippen molar-refractivity contribution in [3.8, 4) is 5.75 Å². The summed E-state index contributed by atoms with van der Waals surface area (Å²) in [6.45, 7) is 5.91. The van der Waals surface area contributed by atoms with Gasteiger partial charge in [-0.2, -0.15) is 0 Å². The molecule has 0 aromatic heterocycles. The fourth-order valence-electron chi connectivity index (χ4n) is 2.71. The lowest BCUT2D eigenvalue weighted by Crippen LogP contribution is -2.25. The first-order valence-electron chi connectivity index (χ1n) is 6.93. The minimum Gasteiger partial charge on any atom is -0.481 e. The van der Waals surface area contributed by atoms with Crippen molar-refractivity contribution in [3.63, 3.8) is 0 Å². The summed E-state index contributed by atoms with van der Waals surface area (Å²) in [6, 6.07) is 6.44. The first-order valence-corrected chi connectivity index (χ1v) is 6.93. The van der Waals surface area contributed by atoms with Crippen molar-refractivity contribution in [2.75, 3.05) is 11.9 Å². The fraction of sp³-hybridized carbons (Fsp3) is 0.294. The normalized spacial score (nSPS) is 16.9. The van der Waals surface area contributed by atoms with Crippen molar-refractivity contribution in [1.82, 2.24) is 0 Å². The quantitative estimate of drug-likeness (QED) is 0.838. The molecule has 1 aliphatic heterocycles. The van der Waals surface area contributed by atoms with Crippen molar-refractivity contribution in [3.05, 3.63) is 58.2 Å². The minimum atomic E-state index is -0.533. The Balaban J connectivity index is 1.98. The molecule has 2 aromatic carbocycles. The third-order valence-electron chi connectivity index (χ3n) is 3.78. The highest BCUT2D eigenvalue weighted by Gasteiger charge is 2.25. The molecule has 0 radical (unpaired) electrons. The SMILES string of the molecule is Cc1cc(C)c2c(c1)NCC(c1cc(F)c(C)cc1F)O2. The van der Waals surface area contributed by atoms with Gasteiger partial charge in [-0.15, -0.1) is 0 Å². The molecule has 2 nitrogen and oxygen atoms in total. The summed E-state index contributed by atoms with van der Waals surface area (Å²) in [5.41, 5.74) is 3.56. The van der Waals surface area contributed by atoms with E-state index in [2.05, 4.69) is 5.32 Å². The molecule has 1 aliphatic rings. The number of halogens is 2. The summed E-state index contributed by atoms with van der Waals surface area (Å²) in [5, 5.41) is 3.24. The van der Waals surface area contributed by atoms with E-state index in [0.29, 0.717) is 17.9 Å². The average Bonchev–Trinajstić information content (AvgIpc) is 2.42. The van der Waals surface area contributed by atoms with Crippen LogP contribution in [0, 0.1) is 32.4 Å². The fourth-order valence-corrected chi connectivity index (χ4v) is 2.71. The van der Waals surface area contributed by atoms with E-state index < -0.39 is 17.7 Å². The van der Waals surface area contributed by atoms with E-state index in [4.69, 9.17) is 4.74 Å². The molecular weight excluding hydrogens is 272 g/mol. The Morgan fingerprint density at radius 1 is 1.00 bits per heavy atom. The summed E-state index contributed by atoms with van der Waals surface area (Å²) in [5.74, 6) is -0.146. The Labute approximate surface area is 122 Å². The lowest BCUT2D eigenvalue weighted by atomic mass is 10.0. The smallest absolute Gasteiger partial charge is 0.146 e. The van der Waals surface area contributed by atoms with E-state index in [1.165, 1.54) is 12.1 Å². The van der Waals surface area contributed by atoms with Crippen molar-refractivity contribution in [2.45, 2.75) is 26.9 Å². The van der Waals surface area contributed by atoms with Gasteiger partial charge >= 0.3 is 0 Å². The van der Waals surface area contributed by atoms with Crippen molar-refractivity contribution in [2.24, 2.45) is 0 Å². The van der Waals surface area contributed by atoms with Crippen LogP contribution >= 0.6 is 0 Å². The molecule has 0 spiro atoms. The Kier molecular flexibility index (Phi) is 3.32. The van der Waals surface area contributed by atoms with Crippen molar-refractivity contribution < 1.29 is 13.5 Å². The Hall–Kier alpha value is -2.10. The second kappa shape index (κ2) is 5.02. The highest BCUT2D eigenvalue weighted by atomic mass is 19.1. The Morgan fingerprint density at radius 2 is 1.76 bits per heavy atom. The van der Waals surface area contributed by atoms with Gasteiger partial charge in [0.15, 0.2) is 0 Å². The van der Waals surface area contributed by atoms with Crippen LogP contribution in [-0.2, 0) is 0 Å². The van der Waals surface area contributed by atoms with E-state index in [0.717, 1.165) is 16.8 Å². The summed E-state index contributed by atoms with van der Waals surface area (Å²) in [4.78, 5) is 0. The van der Waals surface area contributed by atoms with Gasteiger partial charge in [0.05, 0.1) is 12.2 Å². The third-order valence-corrected chi connectivity index (χ3v) is 3.78. The third kappa shape index (κ3) is 2.46. The van der Waals surface area contributed by atoms with Crippen LogP contribution in [0.2, 0.25) is 0 Å². The summed E-state index contributed by atoms with van der Waals surface area (Å²) >= 11 is 0. The highest BCUT2D eigenvalue weighted by molar-refractivity contribution is 5.63. The zero-order valence-electron chi connectivity index (χ0n) is 12.3.